The van der Waals surface area contributed by atoms with Crippen LogP contribution in [0.1, 0.15) is 6.42 Å². The molecule has 2 aliphatic heterocycles. The first-order valence-electron chi connectivity index (χ1n) is 4.25. The van der Waals surface area contributed by atoms with Gasteiger partial charge in [0, 0.05) is 6.42 Å². The molecule has 2 heterocycles. The number of ether oxygens (including phenoxy) is 2. The minimum atomic E-state index is -2.33. The molecule has 0 aromatic rings. The summed E-state index contributed by atoms with van der Waals surface area (Å²) in [5, 5.41) is 0. The van der Waals surface area contributed by atoms with Crippen LogP contribution in [0, 0.1) is 5.92 Å². The molecule has 0 unspecified atom stereocenters. The molecule has 1 fully saturated rings. The van der Waals surface area contributed by atoms with Crippen LogP contribution in [0.3, 0.4) is 0 Å². The zero-order valence-corrected chi connectivity index (χ0v) is 7.53. The maximum atomic E-state index is 14.0. The number of esters is 2. The highest BCUT2D eigenvalue weighted by atomic mass is 19.1. The molecule has 3 aliphatic rings. The molecule has 0 radical (unpaired) electrons. The Bertz CT molecular complexity index is 325. The van der Waals surface area contributed by atoms with Crippen LogP contribution in [-0.2, 0) is 19.1 Å². The van der Waals surface area contributed by atoms with Gasteiger partial charge in [0.2, 0.25) is 5.67 Å². The summed E-state index contributed by atoms with van der Waals surface area (Å²) in [5.41, 5.74) is -2.33. The molecule has 3 rings (SSSR count). The van der Waals surface area contributed by atoms with Gasteiger partial charge < -0.3 is 9.47 Å². The molecular formula is C9H9FO4. The van der Waals surface area contributed by atoms with Gasteiger partial charge in [-0.2, -0.15) is 0 Å². The first-order valence-corrected chi connectivity index (χ1v) is 4.25. The van der Waals surface area contributed by atoms with Gasteiger partial charge in [-0.1, -0.05) is 0 Å². The summed E-state index contributed by atoms with van der Waals surface area (Å²) in [7, 11) is 1.17. The number of fused-ring (bicyclic) bond motifs is 2. The lowest BCUT2D eigenvalue weighted by Gasteiger charge is -2.39. The van der Waals surface area contributed by atoms with Crippen molar-refractivity contribution in [2.75, 3.05) is 7.11 Å². The quantitative estimate of drug-likeness (QED) is 0.453. The van der Waals surface area contributed by atoms with Gasteiger partial charge in [0.1, 0.15) is 12.0 Å². The lowest BCUT2D eigenvalue weighted by atomic mass is 9.77. The average molecular weight is 200 g/mol. The van der Waals surface area contributed by atoms with Crippen molar-refractivity contribution in [2.45, 2.75) is 18.2 Å². The van der Waals surface area contributed by atoms with Crippen LogP contribution in [0.4, 0.5) is 4.39 Å². The van der Waals surface area contributed by atoms with Crippen LogP contribution in [0.5, 0.6) is 0 Å². The second kappa shape index (κ2) is 2.80. The molecule has 0 aromatic heterocycles. The summed E-state index contributed by atoms with van der Waals surface area (Å²) >= 11 is 0. The fourth-order valence-electron chi connectivity index (χ4n) is 1.78. The highest BCUT2D eigenvalue weighted by Crippen LogP contribution is 2.40. The zero-order chi connectivity index (χ0) is 10.3. The number of hydrogen-bond donors (Lipinski definition) is 0. The maximum Gasteiger partial charge on any atom is 0.349 e. The second-order valence-corrected chi connectivity index (χ2v) is 3.38. The first-order chi connectivity index (χ1) is 6.58. The molecule has 0 saturated carbocycles. The van der Waals surface area contributed by atoms with Crippen LogP contribution in [-0.4, -0.2) is 30.8 Å². The van der Waals surface area contributed by atoms with Gasteiger partial charge in [0.15, 0.2) is 0 Å². The van der Waals surface area contributed by atoms with Gasteiger partial charge in [-0.25, -0.2) is 9.18 Å². The smallest absolute Gasteiger partial charge is 0.349 e. The Morgan fingerprint density at radius 2 is 2.50 bits per heavy atom. The normalized spacial score (nSPS) is 39.4. The van der Waals surface area contributed by atoms with E-state index in [2.05, 4.69) is 4.74 Å². The fourth-order valence-corrected chi connectivity index (χ4v) is 1.78. The SMILES string of the molecule is COC(=O)[C@@H]1C[C@H]2C=C[C@]1(F)C(=O)O2. The van der Waals surface area contributed by atoms with E-state index in [9.17, 15) is 14.0 Å². The molecule has 5 heteroatoms. The molecule has 0 amide bonds. The second-order valence-electron chi connectivity index (χ2n) is 3.38. The van der Waals surface area contributed by atoms with Crippen molar-refractivity contribution in [3.05, 3.63) is 12.2 Å². The van der Waals surface area contributed by atoms with E-state index >= 15 is 0 Å². The number of carbonyl (C=O) groups excluding carboxylic acids is 2. The van der Waals surface area contributed by atoms with E-state index in [4.69, 9.17) is 4.74 Å². The van der Waals surface area contributed by atoms with E-state index in [1.54, 1.807) is 0 Å². The van der Waals surface area contributed by atoms with Gasteiger partial charge in [-0.05, 0) is 12.2 Å². The molecule has 76 valence electrons. The Hall–Kier alpha value is -1.39. The van der Waals surface area contributed by atoms with E-state index in [0.29, 0.717) is 0 Å². The standard InChI is InChI=1S/C9H9FO4/c1-13-7(11)6-4-5-2-3-9(6,10)8(12)14-5/h2-3,5-6H,4H2,1H3/t5-,6+,9-/m1/s1. The topological polar surface area (TPSA) is 52.6 Å². The van der Waals surface area contributed by atoms with E-state index < -0.39 is 29.6 Å². The van der Waals surface area contributed by atoms with Crippen LogP contribution >= 0.6 is 0 Å². The minimum Gasteiger partial charge on any atom is -0.469 e. The molecule has 14 heavy (non-hydrogen) atoms. The third kappa shape index (κ3) is 1.05. The number of methoxy groups -OCH3 is 1. The zero-order valence-electron chi connectivity index (χ0n) is 7.53. The lowest BCUT2D eigenvalue weighted by Crippen LogP contribution is -2.55. The van der Waals surface area contributed by atoms with Gasteiger partial charge in [-0.15, -0.1) is 0 Å². The van der Waals surface area contributed by atoms with Crippen molar-refractivity contribution in [3.8, 4) is 0 Å². The Balaban J connectivity index is 2.35. The summed E-state index contributed by atoms with van der Waals surface area (Å²) < 4.78 is 23.1. The molecule has 0 aromatic carbocycles. The van der Waals surface area contributed by atoms with Crippen LogP contribution in [0.15, 0.2) is 12.2 Å². The molecule has 1 aliphatic carbocycles. The molecule has 1 saturated heterocycles. The predicted molar refractivity (Wildman–Crippen MR) is 43.0 cm³/mol. The summed E-state index contributed by atoms with van der Waals surface area (Å²) in [4.78, 5) is 22.4. The van der Waals surface area contributed by atoms with Gasteiger partial charge in [0.05, 0.1) is 7.11 Å². The molecule has 4 nitrogen and oxygen atoms in total. The van der Waals surface area contributed by atoms with Crippen molar-refractivity contribution in [2.24, 2.45) is 5.92 Å². The van der Waals surface area contributed by atoms with Gasteiger partial charge in [0.25, 0.3) is 0 Å². The van der Waals surface area contributed by atoms with Crippen LogP contribution < -0.4 is 0 Å². The van der Waals surface area contributed by atoms with E-state index in [1.165, 1.54) is 13.2 Å². The monoisotopic (exact) mass is 200 g/mol. The summed E-state index contributed by atoms with van der Waals surface area (Å²) in [6.07, 6.45) is 2.21. The molecule has 3 atom stereocenters. The summed E-state index contributed by atoms with van der Waals surface area (Å²) in [5.74, 6) is -2.77. The molecular weight excluding hydrogens is 191 g/mol. The van der Waals surface area contributed by atoms with Crippen molar-refractivity contribution >= 4 is 11.9 Å². The Labute approximate surface area is 79.7 Å². The maximum absolute atomic E-state index is 14.0. The molecule has 2 bridgehead atoms. The van der Waals surface area contributed by atoms with E-state index in [-0.39, 0.29) is 6.42 Å². The minimum absolute atomic E-state index is 0.158. The lowest BCUT2D eigenvalue weighted by molar-refractivity contribution is -0.183. The number of carbonyl (C=O) groups is 2. The van der Waals surface area contributed by atoms with Crippen molar-refractivity contribution in [1.29, 1.82) is 0 Å². The van der Waals surface area contributed by atoms with Crippen LogP contribution in [0.2, 0.25) is 0 Å². The van der Waals surface area contributed by atoms with Gasteiger partial charge >= 0.3 is 11.9 Å². The summed E-state index contributed by atoms with van der Waals surface area (Å²) in [6.45, 7) is 0. The molecule has 0 spiro atoms. The van der Waals surface area contributed by atoms with Gasteiger partial charge in [-0.3, -0.25) is 4.79 Å². The van der Waals surface area contributed by atoms with E-state index in [0.717, 1.165) is 6.08 Å². The third-order valence-corrected chi connectivity index (χ3v) is 2.59. The highest BCUT2D eigenvalue weighted by Gasteiger charge is 2.57. The number of hydrogen-bond acceptors (Lipinski definition) is 4. The van der Waals surface area contributed by atoms with E-state index in [1.807, 2.05) is 0 Å². The average Bonchev–Trinajstić information content (AvgIpc) is 2.18. The highest BCUT2D eigenvalue weighted by molar-refractivity contribution is 5.92. The van der Waals surface area contributed by atoms with Crippen LogP contribution in [0.25, 0.3) is 0 Å². The largest absolute Gasteiger partial charge is 0.469 e. The number of alkyl halides is 1. The Morgan fingerprint density at radius 1 is 1.79 bits per heavy atom. The Kier molecular flexibility index (Phi) is 1.83. The summed E-state index contributed by atoms with van der Waals surface area (Å²) in [6, 6.07) is 0. The Morgan fingerprint density at radius 3 is 3.07 bits per heavy atom. The first kappa shape index (κ1) is 9.18. The van der Waals surface area contributed by atoms with Crippen molar-refractivity contribution < 1.29 is 23.5 Å². The number of halogens is 1. The fraction of sp³-hybridized carbons (Fsp3) is 0.556. The molecule has 0 N–H and O–H groups in total. The van der Waals surface area contributed by atoms with Crippen molar-refractivity contribution in [1.82, 2.24) is 0 Å². The number of rotatable bonds is 1. The predicted octanol–water partition coefficient (Wildman–Crippen LogP) is 0.369. The third-order valence-electron chi connectivity index (χ3n) is 2.59. The van der Waals surface area contributed by atoms with Crippen molar-refractivity contribution in [3.63, 3.8) is 0 Å².